The van der Waals surface area contributed by atoms with Crippen LogP contribution in [0.25, 0.3) is 0 Å². The molecule has 0 fully saturated rings. The highest BCUT2D eigenvalue weighted by molar-refractivity contribution is 6.30. The summed E-state index contributed by atoms with van der Waals surface area (Å²) in [4.78, 5) is 11.7. The van der Waals surface area contributed by atoms with Gasteiger partial charge in [-0.2, -0.15) is 13.2 Å². The molecule has 23 heavy (non-hydrogen) atoms. The minimum absolute atomic E-state index is 0.0337. The Hall–Kier alpha value is -2.28. The van der Waals surface area contributed by atoms with Crippen LogP contribution in [0.4, 0.5) is 28.9 Å². The van der Waals surface area contributed by atoms with Crippen LogP contribution >= 0.6 is 11.6 Å². The van der Waals surface area contributed by atoms with E-state index in [1.54, 1.807) is 0 Å². The molecule has 0 aliphatic carbocycles. The van der Waals surface area contributed by atoms with Gasteiger partial charge in [-0.25, -0.2) is 4.39 Å². The maximum Gasteiger partial charge on any atom is 0.416 e. The smallest absolute Gasteiger partial charge is 0.376 e. The van der Waals surface area contributed by atoms with Crippen LogP contribution in [0.15, 0.2) is 42.5 Å². The van der Waals surface area contributed by atoms with Crippen molar-refractivity contribution in [3.63, 3.8) is 0 Å². The van der Waals surface area contributed by atoms with Gasteiger partial charge < -0.3 is 10.6 Å². The zero-order valence-corrected chi connectivity index (χ0v) is 12.3. The number of hydrogen-bond acceptors (Lipinski definition) is 2. The molecule has 0 spiro atoms. The van der Waals surface area contributed by atoms with Gasteiger partial charge in [0, 0.05) is 10.7 Å². The van der Waals surface area contributed by atoms with Gasteiger partial charge in [-0.05, 0) is 42.5 Å². The topological polar surface area (TPSA) is 41.1 Å². The third kappa shape index (κ3) is 4.85. The number of anilines is 2. The first-order chi connectivity index (χ1) is 10.8. The maximum absolute atomic E-state index is 13.5. The molecule has 0 atom stereocenters. The van der Waals surface area contributed by atoms with Gasteiger partial charge in [0.1, 0.15) is 5.82 Å². The van der Waals surface area contributed by atoms with E-state index >= 15 is 0 Å². The number of carbonyl (C=O) groups is 1. The number of hydrogen-bond donors (Lipinski definition) is 2. The second-order valence-electron chi connectivity index (χ2n) is 4.60. The number of alkyl halides is 3. The van der Waals surface area contributed by atoms with Crippen molar-refractivity contribution in [2.24, 2.45) is 0 Å². The molecule has 0 saturated carbocycles. The van der Waals surface area contributed by atoms with E-state index < -0.39 is 23.5 Å². The molecule has 0 heterocycles. The van der Waals surface area contributed by atoms with Crippen LogP contribution in [0.2, 0.25) is 5.02 Å². The standard InChI is InChI=1S/C15H11ClF4N2O/c16-10-3-6-13(12(17)7-10)22-14(23)8-21-11-4-1-9(2-5-11)15(18,19)20/h1-7,21H,8H2,(H,22,23). The lowest BCUT2D eigenvalue weighted by Gasteiger charge is -2.10. The average molecular weight is 347 g/mol. The van der Waals surface area contributed by atoms with E-state index in [0.29, 0.717) is 5.69 Å². The van der Waals surface area contributed by atoms with Crippen LogP contribution in [0.5, 0.6) is 0 Å². The summed E-state index contributed by atoms with van der Waals surface area (Å²) < 4.78 is 50.7. The largest absolute Gasteiger partial charge is 0.416 e. The van der Waals surface area contributed by atoms with Gasteiger partial charge in [0.25, 0.3) is 0 Å². The quantitative estimate of drug-likeness (QED) is 0.797. The van der Waals surface area contributed by atoms with Crippen molar-refractivity contribution < 1.29 is 22.4 Å². The lowest BCUT2D eigenvalue weighted by atomic mass is 10.2. The zero-order valence-electron chi connectivity index (χ0n) is 11.5. The second kappa shape index (κ2) is 6.87. The molecule has 3 nitrogen and oxygen atoms in total. The van der Waals surface area contributed by atoms with E-state index in [4.69, 9.17) is 11.6 Å². The number of benzene rings is 2. The Morgan fingerprint density at radius 3 is 2.30 bits per heavy atom. The van der Waals surface area contributed by atoms with Crippen LogP contribution in [0, 0.1) is 5.82 Å². The van der Waals surface area contributed by atoms with Crippen LogP contribution in [-0.4, -0.2) is 12.5 Å². The molecule has 0 bridgehead atoms. The molecule has 2 N–H and O–H groups in total. The highest BCUT2D eigenvalue weighted by Gasteiger charge is 2.29. The van der Waals surface area contributed by atoms with Crippen molar-refractivity contribution in [2.45, 2.75) is 6.18 Å². The lowest BCUT2D eigenvalue weighted by Crippen LogP contribution is -2.22. The first kappa shape index (κ1) is 17.1. The Morgan fingerprint density at radius 1 is 1.09 bits per heavy atom. The van der Waals surface area contributed by atoms with Crippen molar-refractivity contribution in [3.05, 3.63) is 58.9 Å². The van der Waals surface area contributed by atoms with Crippen molar-refractivity contribution in [1.82, 2.24) is 0 Å². The van der Waals surface area contributed by atoms with Crippen molar-refractivity contribution in [3.8, 4) is 0 Å². The fraction of sp³-hybridized carbons (Fsp3) is 0.133. The third-order valence-corrected chi connectivity index (χ3v) is 3.11. The first-order valence-corrected chi connectivity index (χ1v) is 6.79. The highest BCUT2D eigenvalue weighted by Crippen LogP contribution is 2.29. The SMILES string of the molecule is O=C(CNc1ccc(C(F)(F)F)cc1)Nc1ccc(Cl)cc1F. The molecule has 0 aromatic heterocycles. The number of amides is 1. The minimum Gasteiger partial charge on any atom is -0.376 e. The molecule has 0 saturated heterocycles. The van der Waals surface area contributed by atoms with Crippen LogP contribution < -0.4 is 10.6 Å². The Morgan fingerprint density at radius 2 is 1.74 bits per heavy atom. The summed E-state index contributed by atoms with van der Waals surface area (Å²) >= 11 is 5.59. The van der Waals surface area contributed by atoms with Crippen LogP contribution in [0.3, 0.4) is 0 Å². The van der Waals surface area contributed by atoms with Gasteiger partial charge in [-0.3, -0.25) is 4.79 Å². The molecule has 1 amide bonds. The van der Waals surface area contributed by atoms with E-state index in [1.165, 1.54) is 24.3 Å². The molecule has 0 aliphatic heterocycles. The Bertz CT molecular complexity index is 702. The number of carbonyl (C=O) groups excluding carboxylic acids is 1. The Labute approximate surface area is 134 Å². The molecular formula is C15H11ClF4N2O. The van der Waals surface area contributed by atoms with Crippen LogP contribution in [0.1, 0.15) is 5.56 Å². The predicted molar refractivity (Wildman–Crippen MR) is 80.0 cm³/mol. The molecule has 2 aromatic carbocycles. The molecule has 0 radical (unpaired) electrons. The number of halogens is 5. The van der Waals surface area contributed by atoms with E-state index in [2.05, 4.69) is 10.6 Å². The maximum atomic E-state index is 13.5. The summed E-state index contributed by atoms with van der Waals surface area (Å²) in [6.07, 6.45) is -4.41. The summed E-state index contributed by atoms with van der Waals surface area (Å²) in [5.41, 5.74) is -0.478. The minimum atomic E-state index is -4.41. The molecular weight excluding hydrogens is 336 g/mol. The lowest BCUT2D eigenvalue weighted by molar-refractivity contribution is -0.137. The van der Waals surface area contributed by atoms with Gasteiger partial charge in [-0.1, -0.05) is 11.6 Å². The molecule has 8 heteroatoms. The van der Waals surface area contributed by atoms with E-state index in [0.717, 1.165) is 18.2 Å². The summed E-state index contributed by atoms with van der Waals surface area (Å²) in [6, 6.07) is 8.01. The molecule has 0 unspecified atom stereocenters. The third-order valence-electron chi connectivity index (χ3n) is 2.87. The average Bonchev–Trinajstić information content (AvgIpc) is 2.47. The van der Waals surface area contributed by atoms with E-state index in [-0.39, 0.29) is 17.3 Å². The normalized spacial score (nSPS) is 11.2. The molecule has 2 aromatic rings. The monoisotopic (exact) mass is 346 g/mol. The fourth-order valence-corrected chi connectivity index (χ4v) is 1.90. The van der Waals surface area contributed by atoms with Gasteiger partial charge in [0.15, 0.2) is 0 Å². The first-order valence-electron chi connectivity index (χ1n) is 6.42. The van der Waals surface area contributed by atoms with Gasteiger partial charge >= 0.3 is 6.18 Å². The molecule has 122 valence electrons. The Kier molecular flexibility index (Phi) is 5.10. The predicted octanol–water partition coefficient (Wildman–Crippen LogP) is 4.55. The number of nitrogens with one attached hydrogen (secondary N) is 2. The summed E-state index contributed by atoms with van der Waals surface area (Å²) in [5.74, 6) is -1.23. The fourth-order valence-electron chi connectivity index (χ4n) is 1.74. The van der Waals surface area contributed by atoms with Gasteiger partial charge in [0.2, 0.25) is 5.91 Å². The Balaban J connectivity index is 1.91. The van der Waals surface area contributed by atoms with Crippen molar-refractivity contribution in [2.75, 3.05) is 17.2 Å². The van der Waals surface area contributed by atoms with E-state index in [9.17, 15) is 22.4 Å². The van der Waals surface area contributed by atoms with Crippen LogP contribution in [-0.2, 0) is 11.0 Å². The zero-order chi connectivity index (χ0) is 17.0. The second-order valence-corrected chi connectivity index (χ2v) is 5.04. The highest BCUT2D eigenvalue weighted by atomic mass is 35.5. The number of rotatable bonds is 4. The van der Waals surface area contributed by atoms with Crippen molar-refractivity contribution >= 4 is 28.9 Å². The molecule has 0 aliphatic rings. The summed E-state index contributed by atoms with van der Waals surface area (Å²) in [5, 5.41) is 5.17. The van der Waals surface area contributed by atoms with Gasteiger partial charge in [0.05, 0.1) is 17.8 Å². The summed E-state index contributed by atoms with van der Waals surface area (Å²) in [7, 11) is 0. The van der Waals surface area contributed by atoms with E-state index in [1.807, 2.05) is 0 Å². The van der Waals surface area contributed by atoms with Crippen molar-refractivity contribution in [1.29, 1.82) is 0 Å². The van der Waals surface area contributed by atoms with Gasteiger partial charge in [-0.15, -0.1) is 0 Å². The summed E-state index contributed by atoms with van der Waals surface area (Å²) in [6.45, 7) is -0.229. The molecule has 2 rings (SSSR count).